The third kappa shape index (κ3) is 9.98. The molecule has 1 aliphatic rings. The summed E-state index contributed by atoms with van der Waals surface area (Å²) in [5.41, 5.74) is 5.48. The Bertz CT molecular complexity index is 339. The van der Waals surface area contributed by atoms with Gasteiger partial charge in [-0.3, -0.25) is 4.79 Å². The summed E-state index contributed by atoms with van der Waals surface area (Å²) in [6, 6.07) is -0.689. The molecule has 1 amide bonds. The molecule has 1 fully saturated rings. The Kier molecular flexibility index (Phi) is 17.7. The number of carbonyl (C=O) groups excluding carboxylic acids is 3. The molecule has 1 rings (SSSR count). The predicted octanol–water partition coefficient (Wildman–Crippen LogP) is 0.361. The summed E-state index contributed by atoms with van der Waals surface area (Å²) >= 11 is 11.1. The van der Waals surface area contributed by atoms with Gasteiger partial charge in [0.2, 0.25) is 0 Å². The molecule has 0 aliphatic carbocycles. The zero-order valence-corrected chi connectivity index (χ0v) is 17.2. The number of carbonyl (C=O) groups is 3. The Balaban J connectivity index is -0.000000352. The van der Waals surface area contributed by atoms with Crippen LogP contribution >= 0.6 is 48.0 Å². The van der Waals surface area contributed by atoms with Gasteiger partial charge in [-0.15, -0.1) is 48.0 Å². The molecule has 5 nitrogen and oxygen atoms in total. The van der Waals surface area contributed by atoms with Crippen molar-refractivity contribution in [1.82, 2.24) is 4.90 Å². The number of halogens is 4. The average molecular weight is 446 g/mol. The van der Waals surface area contributed by atoms with Gasteiger partial charge in [-0.2, -0.15) is 0 Å². The smallest absolute Gasteiger partial charge is 0.162 e. The fourth-order valence-corrected chi connectivity index (χ4v) is 2.64. The quantitative estimate of drug-likeness (QED) is 0.500. The van der Waals surface area contributed by atoms with E-state index in [0.717, 1.165) is 29.7 Å². The number of hydrogen-bond acceptors (Lipinski definition) is 4. The van der Waals surface area contributed by atoms with Crippen molar-refractivity contribution in [1.29, 1.82) is 0 Å². The van der Waals surface area contributed by atoms with E-state index in [1.54, 1.807) is 11.8 Å². The molecule has 126 valence electrons. The van der Waals surface area contributed by atoms with Gasteiger partial charge < -0.3 is 0 Å². The van der Waals surface area contributed by atoms with E-state index in [0.29, 0.717) is 6.54 Å². The first-order valence-corrected chi connectivity index (χ1v) is 8.12. The standard InChI is InChI=1S/C8H15AsN2O2.C3H4Cl2O.2ClH/c1-5(10)8(13)11-4-2-3-6(11)7(9)12;4-1-3(6)2-5;;/h5-6H,2-4,9-10H2,1H3;1-2H2;2*1H/t5?,6-;;;/m0.../s1. The molecule has 2 unspecified atom stereocenters. The van der Waals surface area contributed by atoms with E-state index in [1.165, 1.54) is 0 Å². The van der Waals surface area contributed by atoms with E-state index in [9.17, 15) is 14.4 Å². The van der Waals surface area contributed by atoms with Crippen molar-refractivity contribution in [3.05, 3.63) is 0 Å². The first kappa shape index (κ1) is 26.4. The number of hydrogen-bond donors (Lipinski definition) is 1. The largest absolute Gasteiger partial charge is 0.297 e. The number of alkyl halides is 2. The van der Waals surface area contributed by atoms with E-state index in [1.807, 2.05) is 0 Å². The van der Waals surface area contributed by atoms with E-state index in [-0.39, 0.29) is 58.9 Å². The number of nitrogens with zero attached hydrogens (tertiary/aromatic N) is 1. The van der Waals surface area contributed by atoms with Crippen LogP contribution in [0.2, 0.25) is 0 Å². The fourth-order valence-electron chi connectivity index (χ4n) is 1.62. The Morgan fingerprint density at radius 2 is 1.76 bits per heavy atom. The Labute approximate surface area is 156 Å². The molecule has 0 aromatic carbocycles. The second-order valence-electron chi connectivity index (χ2n) is 4.19. The number of Topliss-reactive ketones (excluding diaryl/α,β-unsaturated/α-hetero) is 1. The molecule has 1 heterocycles. The van der Waals surface area contributed by atoms with Gasteiger partial charge >= 0.3 is 85.9 Å². The molecule has 0 aromatic rings. The molecular weight excluding hydrogens is 425 g/mol. The van der Waals surface area contributed by atoms with Crippen molar-refractivity contribution in [3.63, 3.8) is 0 Å². The molecular formula is C11H21AsCl4N2O3. The van der Waals surface area contributed by atoms with Gasteiger partial charge in [-0.25, -0.2) is 0 Å². The van der Waals surface area contributed by atoms with Gasteiger partial charge in [-0.05, 0) is 0 Å². The van der Waals surface area contributed by atoms with Crippen molar-refractivity contribution >= 4 is 81.1 Å². The Morgan fingerprint density at radius 1 is 1.29 bits per heavy atom. The van der Waals surface area contributed by atoms with Crippen LogP contribution in [0.5, 0.6) is 0 Å². The molecule has 3 atom stereocenters. The summed E-state index contributed by atoms with van der Waals surface area (Å²) in [4.78, 5) is 34.2. The van der Waals surface area contributed by atoms with Crippen molar-refractivity contribution < 1.29 is 14.4 Å². The molecule has 0 radical (unpaired) electrons. The second-order valence-corrected chi connectivity index (χ2v) is 5.92. The summed E-state index contributed by atoms with van der Waals surface area (Å²) in [6.45, 7) is 2.34. The monoisotopic (exact) mass is 444 g/mol. The van der Waals surface area contributed by atoms with Crippen molar-refractivity contribution in [3.8, 4) is 0 Å². The average Bonchev–Trinajstić information content (AvgIpc) is 2.86. The Morgan fingerprint density at radius 3 is 2.05 bits per heavy atom. The van der Waals surface area contributed by atoms with Crippen LogP contribution in [0.3, 0.4) is 0 Å². The van der Waals surface area contributed by atoms with Gasteiger partial charge in [0.1, 0.15) is 0 Å². The molecule has 0 bridgehead atoms. The van der Waals surface area contributed by atoms with Gasteiger partial charge in [0.15, 0.2) is 5.78 Å². The van der Waals surface area contributed by atoms with E-state index >= 15 is 0 Å². The third-order valence-corrected chi connectivity index (χ3v) is 3.96. The van der Waals surface area contributed by atoms with Gasteiger partial charge in [0.05, 0.1) is 11.8 Å². The van der Waals surface area contributed by atoms with Crippen molar-refractivity contribution in [2.75, 3.05) is 18.3 Å². The normalized spacial score (nSPS) is 17.6. The summed E-state index contributed by atoms with van der Waals surface area (Å²) in [5, 5.41) is 0. The molecule has 0 saturated carbocycles. The van der Waals surface area contributed by atoms with Gasteiger partial charge in [0.25, 0.3) is 0 Å². The van der Waals surface area contributed by atoms with Crippen LogP contribution < -0.4 is 5.73 Å². The summed E-state index contributed by atoms with van der Waals surface area (Å²) in [5.74, 6) is -0.167. The summed E-state index contributed by atoms with van der Waals surface area (Å²) in [6.07, 6.45) is 1.72. The first-order chi connectivity index (χ1) is 8.84. The second kappa shape index (κ2) is 14.1. The molecule has 10 heteroatoms. The minimum absolute atomic E-state index is 0. The van der Waals surface area contributed by atoms with Crippen LogP contribution in [0.1, 0.15) is 19.8 Å². The van der Waals surface area contributed by atoms with Crippen LogP contribution in [0, 0.1) is 0 Å². The zero-order valence-electron chi connectivity index (χ0n) is 11.6. The molecule has 2 N–H and O–H groups in total. The zero-order chi connectivity index (χ0) is 15.0. The molecule has 0 aromatic heterocycles. The number of nitrogens with two attached hydrogens (primary N) is 1. The SMILES string of the molecule is CC(N)C(=O)N1CCC[C@H]1C(=O)[AsH2].Cl.Cl.O=C(CCl)CCl. The molecule has 0 spiro atoms. The number of amides is 1. The van der Waals surface area contributed by atoms with Gasteiger partial charge in [0, 0.05) is 0 Å². The van der Waals surface area contributed by atoms with E-state index in [2.05, 4.69) is 0 Å². The van der Waals surface area contributed by atoms with Crippen LogP contribution in [0.15, 0.2) is 0 Å². The summed E-state index contributed by atoms with van der Waals surface area (Å²) in [7, 11) is 0. The van der Waals surface area contributed by atoms with Crippen LogP contribution in [-0.2, 0) is 14.4 Å². The summed E-state index contributed by atoms with van der Waals surface area (Å²) < 4.78 is 0.124. The fraction of sp³-hybridized carbons (Fsp3) is 0.727. The van der Waals surface area contributed by atoms with Crippen molar-refractivity contribution in [2.45, 2.75) is 31.8 Å². The Hall–Kier alpha value is 0.488. The van der Waals surface area contributed by atoms with Gasteiger partial charge in [-0.1, -0.05) is 0 Å². The molecule has 21 heavy (non-hydrogen) atoms. The number of rotatable bonds is 4. The maximum Gasteiger partial charge on any atom is 0.162 e. The topological polar surface area (TPSA) is 80.5 Å². The predicted molar refractivity (Wildman–Crippen MR) is 92.9 cm³/mol. The van der Waals surface area contributed by atoms with Crippen molar-refractivity contribution in [2.24, 2.45) is 5.73 Å². The van der Waals surface area contributed by atoms with Crippen LogP contribution in [0.4, 0.5) is 0 Å². The molecule has 1 aliphatic heterocycles. The van der Waals surface area contributed by atoms with Crippen LogP contribution in [0.25, 0.3) is 0 Å². The first-order valence-electron chi connectivity index (χ1n) is 5.84. The van der Waals surface area contributed by atoms with Crippen LogP contribution in [-0.4, -0.2) is 68.4 Å². The number of likely N-dealkylation sites (tertiary alicyclic amines) is 1. The van der Waals surface area contributed by atoms with E-state index < -0.39 is 6.04 Å². The third-order valence-electron chi connectivity index (χ3n) is 2.55. The molecule has 1 saturated heterocycles. The maximum absolute atomic E-state index is 11.5. The maximum atomic E-state index is 11.5. The minimum Gasteiger partial charge on any atom is -0.297 e. The number of ketones is 1. The minimum atomic E-state index is -0.493. The van der Waals surface area contributed by atoms with E-state index in [4.69, 9.17) is 28.9 Å².